The van der Waals surface area contributed by atoms with E-state index in [4.69, 9.17) is 9.47 Å². The molecule has 6 nitrogen and oxygen atoms in total. The van der Waals surface area contributed by atoms with Crippen LogP contribution in [0.2, 0.25) is 0 Å². The van der Waals surface area contributed by atoms with Crippen LogP contribution >= 0.6 is 0 Å². The average Bonchev–Trinajstić information content (AvgIpc) is 2.61. The van der Waals surface area contributed by atoms with Crippen molar-refractivity contribution in [2.24, 2.45) is 0 Å². The standard InChI is InChI=1S/C19H22O6/c1-3-17(21)24-13-7-5-12(6-8-13)19(23)15-10-9-14(11-16(15)20)25-18(22)4-2/h5-11,17-18,20-22H,3-4H2,1-2H3. The van der Waals surface area contributed by atoms with Crippen LogP contribution in [0.5, 0.6) is 17.2 Å². The first-order chi connectivity index (χ1) is 11.9. The van der Waals surface area contributed by atoms with Gasteiger partial charge >= 0.3 is 0 Å². The normalized spacial score (nSPS) is 13.1. The summed E-state index contributed by atoms with van der Waals surface area (Å²) in [6.45, 7) is 3.55. The van der Waals surface area contributed by atoms with Crippen molar-refractivity contribution in [2.75, 3.05) is 0 Å². The number of phenolic OH excluding ortho intramolecular Hbond substituents is 1. The molecule has 2 atom stereocenters. The highest BCUT2D eigenvalue weighted by Crippen LogP contribution is 2.27. The van der Waals surface area contributed by atoms with E-state index < -0.39 is 12.6 Å². The van der Waals surface area contributed by atoms with Crippen molar-refractivity contribution in [3.8, 4) is 17.2 Å². The second-order valence-electron chi connectivity index (χ2n) is 5.49. The van der Waals surface area contributed by atoms with Crippen LogP contribution in [0.3, 0.4) is 0 Å². The predicted molar refractivity (Wildman–Crippen MR) is 91.8 cm³/mol. The lowest BCUT2D eigenvalue weighted by molar-refractivity contribution is -0.0196. The van der Waals surface area contributed by atoms with Gasteiger partial charge in [0, 0.05) is 24.5 Å². The fourth-order valence-corrected chi connectivity index (χ4v) is 2.10. The van der Waals surface area contributed by atoms with E-state index in [2.05, 4.69) is 0 Å². The zero-order chi connectivity index (χ0) is 18.4. The Kier molecular flexibility index (Phi) is 6.38. The molecular formula is C19H22O6. The number of aliphatic hydroxyl groups is 2. The number of rotatable bonds is 8. The number of benzene rings is 2. The van der Waals surface area contributed by atoms with Gasteiger partial charge in [0.2, 0.25) is 0 Å². The Morgan fingerprint density at radius 1 is 0.920 bits per heavy atom. The third kappa shape index (κ3) is 4.95. The maximum atomic E-state index is 12.5. The summed E-state index contributed by atoms with van der Waals surface area (Å²) in [5.74, 6) is 0.142. The van der Waals surface area contributed by atoms with Crippen LogP contribution in [-0.2, 0) is 0 Å². The molecule has 0 aromatic heterocycles. The van der Waals surface area contributed by atoms with Gasteiger partial charge in [0.15, 0.2) is 18.4 Å². The number of ketones is 1. The van der Waals surface area contributed by atoms with E-state index >= 15 is 0 Å². The van der Waals surface area contributed by atoms with Crippen molar-refractivity contribution in [3.63, 3.8) is 0 Å². The Hall–Kier alpha value is -2.57. The third-order valence-electron chi connectivity index (χ3n) is 3.57. The van der Waals surface area contributed by atoms with Gasteiger partial charge in [-0.1, -0.05) is 13.8 Å². The molecule has 2 rings (SSSR count). The van der Waals surface area contributed by atoms with E-state index in [0.29, 0.717) is 24.2 Å². The van der Waals surface area contributed by atoms with Gasteiger partial charge in [0.25, 0.3) is 0 Å². The van der Waals surface area contributed by atoms with Gasteiger partial charge in [-0.05, 0) is 36.4 Å². The van der Waals surface area contributed by atoms with Crippen molar-refractivity contribution >= 4 is 5.78 Å². The maximum Gasteiger partial charge on any atom is 0.197 e. The van der Waals surface area contributed by atoms with Crippen molar-refractivity contribution in [1.82, 2.24) is 0 Å². The molecule has 0 saturated carbocycles. The molecule has 3 N–H and O–H groups in total. The van der Waals surface area contributed by atoms with Gasteiger partial charge in [0.1, 0.15) is 17.2 Å². The first-order valence-electron chi connectivity index (χ1n) is 8.11. The zero-order valence-electron chi connectivity index (χ0n) is 14.2. The zero-order valence-corrected chi connectivity index (χ0v) is 14.2. The summed E-state index contributed by atoms with van der Waals surface area (Å²) in [6.07, 6.45) is -0.998. The maximum absolute atomic E-state index is 12.5. The number of carbonyl (C=O) groups is 1. The van der Waals surface area contributed by atoms with Crippen LogP contribution in [0.15, 0.2) is 42.5 Å². The van der Waals surface area contributed by atoms with Gasteiger partial charge in [-0.2, -0.15) is 0 Å². The number of hydrogen-bond acceptors (Lipinski definition) is 6. The minimum Gasteiger partial charge on any atom is -0.507 e. The van der Waals surface area contributed by atoms with Crippen molar-refractivity contribution in [3.05, 3.63) is 53.6 Å². The smallest absolute Gasteiger partial charge is 0.197 e. The lowest BCUT2D eigenvalue weighted by Gasteiger charge is -2.13. The number of aromatic hydroxyl groups is 1. The highest BCUT2D eigenvalue weighted by Gasteiger charge is 2.15. The molecule has 2 aromatic carbocycles. The van der Waals surface area contributed by atoms with E-state index in [9.17, 15) is 20.1 Å². The number of carbonyl (C=O) groups excluding carboxylic acids is 1. The van der Waals surface area contributed by atoms with E-state index in [1.807, 2.05) is 0 Å². The number of aliphatic hydroxyl groups excluding tert-OH is 2. The first kappa shape index (κ1) is 18.8. The van der Waals surface area contributed by atoms with Gasteiger partial charge in [-0.3, -0.25) is 4.79 Å². The van der Waals surface area contributed by atoms with Gasteiger partial charge in [-0.25, -0.2) is 0 Å². The quantitative estimate of drug-likeness (QED) is 0.502. The third-order valence-corrected chi connectivity index (χ3v) is 3.57. The fourth-order valence-electron chi connectivity index (χ4n) is 2.10. The largest absolute Gasteiger partial charge is 0.507 e. The molecule has 0 amide bonds. The molecule has 0 bridgehead atoms. The predicted octanol–water partition coefficient (Wildman–Crippen LogP) is 2.84. The van der Waals surface area contributed by atoms with Crippen molar-refractivity contribution < 1.29 is 29.6 Å². The number of hydrogen-bond donors (Lipinski definition) is 3. The first-order valence-corrected chi connectivity index (χ1v) is 8.11. The van der Waals surface area contributed by atoms with E-state index in [1.54, 1.807) is 38.1 Å². The monoisotopic (exact) mass is 346 g/mol. The van der Waals surface area contributed by atoms with Gasteiger partial charge in [0.05, 0.1) is 5.56 Å². The van der Waals surface area contributed by atoms with E-state index in [-0.39, 0.29) is 22.8 Å². The number of ether oxygens (including phenoxy) is 2. The number of phenols is 1. The van der Waals surface area contributed by atoms with Crippen molar-refractivity contribution in [2.45, 2.75) is 39.3 Å². The molecule has 134 valence electrons. The van der Waals surface area contributed by atoms with Crippen molar-refractivity contribution in [1.29, 1.82) is 0 Å². The van der Waals surface area contributed by atoms with Crippen LogP contribution in [0, 0.1) is 0 Å². The summed E-state index contributed by atoms with van der Waals surface area (Å²) >= 11 is 0. The summed E-state index contributed by atoms with van der Waals surface area (Å²) in [7, 11) is 0. The Morgan fingerprint density at radius 2 is 1.44 bits per heavy atom. The molecule has 0 aliphatic carbocycles. The summed E-state index contributed by atoms with van der Waals surface area (Å²) in [4.78, 5) is 12.5. The Bertz CT molecular complexity index is 710. The fraction of sp³-hybridized carbons (Fsp3) is 0.316. The molecular weight excluding hydrogens is 324 g/mol. The lowest BCUT2D eigenvalue weighted by atomic mass is 10.0. The van der Waals surface area contributed by atoms with Crippen LogP contribution < -0.4 is 9.47 Å². The lowest BCUT2D eigenvalue weighted by Crippen LogP contribution is -2.14. The molecule has 2 aromatic rings. The topological polar surface area (TPSA) is 96.2 Å². The SMILES string of the molecule is CCC(O)Oc1ccc(C(=O)c2ccc(OC(O)CC)cc2O)cc1. The van der Waals surface area contributed by atoms with Crippen LogP contribution in [0.1, 0.15) is 42.6 Å². The molecule has 0 spiro atoms. The molecule has 0 heterocycles. The molecule has 0 fully saturated rings. The second-order valence-corrected chi connectivity index (χ2v) is 5.49. The second kappa shape index (κ2) is 8.50. The molecule has 2 unspecified atom stereocenters. The minimum absolute atomic E-state index is 0.126. The van der Waals surface area contributed by atoms with E-state index in [1.165, 1.54) is 18.2 Å². The highest BCUT2D eigenvalue weighted by atomic mass is 16.6. The van der Waals surface area contributed by atoms with Crippen LogP contribution in [-0.4, -0.2) is 33.7 Å². The van der Waals surface area contributed by atoms with Gasteiger partial charge in [-0.15, -0.1) is 0 Å². The van der Waals surface area contributed by atoms with Gasteiger partial charge < -0.3 is 24.8 Å². The summed E-state index contributed by atoms with van der Waals surface area (Å²) in [5.41, 5.74) is 0.497. The summed E-state index contributed by atoms with van der Waals surface area (Å²) < 4.78 is 10.4. The summed E-state index contributed by atoms with van der Waals surface area (Å²) in [5, 5.41) is 29.0. The molecule has 6 heteroatoms. The van der Waals surface area contributed by atoms with Crippen LogP contribution in [0.25, 0.3) is 0 Å². The Balaban J connectivity index is 2.14. The average molecular weight is 346 g/mol. The molecule has 25 heavy (non-hydrogen) atoms. The summed E-state index contributed by atoms with van der Waals surface area (Å²) in [6, 6.07) is 10.5. The Morgan fingerprint density at radius 3 is 1.96 bits per heavy atom. The minimum atomic E-state index is -0.966. The Labute approximate surface area is 146 Å². The van der Waals surface area contributed by atoms with Crippen LogP contribution in [0.4, 0.5) is 0 Å². The highest BCUT2D eigenvalue weighted by molar-refractivity contribution is 6.10. The van der Waals surface area contributed by atoms with E-state index in [0.717, 1.165) is 0 Å². The molecule has 0 aliphatic heterocycles. The molecule has 0 aliphatic rings. The molecule has 0 saturated heterocycles. The molecule has 0 radical (unpaired) electrons.